The maximum Gasteiger partial charge on any atom is 0.324 e. The molecule has 1 aliphatic heterocycles. The first-order chi connectivity index (χ1) is 8.07. The zero-order chi connectivity index (χ0) is 12.5. The van der Waals surface area contributed by atoms with E-state index in [4.69, 9.17) is 0 Å². The fourth-order valence-electron chi connectivity index (χ4n) is 3.46. The van der Waals surface area contributed by atoms with Gasteiger partial charge in [0.15, 0.2) is 0 Å². The Bertz CT molecular complexity index is 287. The molecular weight excluding hydrogens is 216 g/mol. The van der Waals surface area contributed by atoms with Crippen LogP contribution in [0.25, 0.3) is 0 Å². The van der Waals surface area contributed by atoms with Gasteiger partial charge in [0.2, 0.25) is 0 Å². The summed E-state index contributed by atoms with van der Waals surface area (Å²) in [6.07, 6.45) is 4.12. The SMILES string of the molecule is CC1CCCCC1(C(=O)O)N1CCN(C)CC1. The third-order valence-electron chi connectivity index (χ3n) is 4.70. The Balaban J connectivity index is 2.18. The average Bonchev–Trinajstić information content (AvgIpc) is 2.31. The van der Waals surface area contributed by atoms with Crippen LogP contribution in [0.3, 0.4) is 0 Å². The molecule has 2 unspecified atom stereocenters. The normalized spacial score (nSPS) is 36.9. The molecule has 1 aliphatic carbocycles. The molecule has 1 heterocycles. The minimum atomic E-state index is -0.603. The summed E-state index contributed by atoms with van der Waals surface area (Å²) in [6.45, 7) is 5.88. The molecule has 0 amide bonds. The quantitative estimate of drug-likeness (QED) is 0.789. The Morgan fingerprint density at radius 1 is 1.24 bits per heavy atom. The van der Waals surface area contributed by atoms with Crippen LogP contribution in [0.1, 0.15) is 32.6 Å². The smallest absolute Gasteiger partial charge is 0.324 e. The number of nitrogens with zero attached hydrogens (tertiary/aromatic N) is 2. The highest BCUT2D eigenvalue weighted by atomic mass is 16.4. The van der Waals surface area contributed by atoms with Gasteiger partial charge >= 0.3 is 5.97 Å². The number of carboxylic acids is 1. The zero-order valence-corrected chi connectivity index (χ0v) is 11.0. The van der Waals surface area contributed by atoms with Crippen LogP contribution in [-0.4, -0.2) is 59.6 Å². The minimum Gasteiger partial charge on any atom is -0.480 e. The topological polar surface area (TPSA) is 43.8 Å². The van der Waals surface area contributed by atoms with Gasteiger partial charge in [0.1, 0.15) is 5.54 Å². The van der Waals surface area contributed by atoms with Gasteiger partial charge in [-0.05, 0) is 25.8 Å². The molecule has 2 atom stereocenters. The summed E-state index contributed by atoms with van der Waals surface area (Å²) >= 11 is 0. The first-order valence-corrected chi connectivity index (χ1v) is 6.74. The van der Waals surface area contributed by atoms with Crippen LogP contribution in [0.4, 0.5) is 0 Å². The molecular formula is C13H24N2O2. The summed E-state index contributed by atoms with van der Waals surface area (Å²) in [4.78, 5) is 16.3. The largest absolute Gasteiger partial charge is 0.480 e. The summed E-state index contributed by atoms with van der Waals surface area (Å²) in [7, 11) is 2.11. The molecule has 0 aromatic carbocycles. The van der Waals surface area contributed by atoms with E-state index in [1.165, 1.54) is 6.42 Å². The molecule has 98 valence electrons. The van der Waals surface area contributed by atoms with Crippen LogP contribution >= 0.6 is 0 Å². The molecule has 0 spiro atoms. The Labute approximate surface area is 104 Å². The molecule has 0 bridgehead atoms. The molecule has 1 N–H and O–H groups in total. The lowest BCUT2D eigenvalue weighted by molar-refractivity contribution is -0.160. The van der Waals surface area contributed by atoms with Crippen LogP contribution < -0.4 is 0 Å². The molecule has 17 heavy (non-hydrogen) atoms. The molecule has 2 rings (SSSR count). The first kappa shape index (κ1) is 12.8. The number of rotatable bonds is 2. The van der Waals surface area contributed by atoms with Crippen LogP contribution in [0, 0.1) is 5.92 Å². The molecule has 2 aliphatic rings. The third-order valence-corrected chi connectivity index (χ3v) is 4.70. The lowest BCUT2D eigenvalue weighted by Gasteiger charge is -2.49. The van der Waals surface area contributed by atoms with Crippen molar-refractivity contribution in [2.24, 2.45) is 5.92 Å². The molecule has 4 heteroatoms. The van der Waals surface area contributed by atoms with Crippen molar-refractivity contribution in [1.82, 2.24) is 9.80 Å². The maximum atomic E-state index is 11.8. The first-order valence-electron chi connectivity index (χ1n) is 6.74. The van der Waals surface area contributed by atoms with Crippen molar-refractivity contribution in [2.75, 3.05) is 33.2 Å². The number of hydrogen-bond acceptors (Lipinski definition) is 3. The maximum absolute atomic E-state index is 11.8. The second-order valence-corrected chi connectivity index (χ2v) is 5.67. The van der Waals surface area contributed by atoms with Crippen molar-refractivity contribution in [1.29, 1.82) is 0 Å². The van der Waals surface area contributed by atoms with Crippen molar-refractivity contribution >= 4 is 5.97 Å². The van der Waals surface area contributed by atoms with E-state index < -0.39 is 11.5 Å². The van der Waals surface area contributed by atoms with Crippen LogP contribution in [0.2, 0.25) is 0 Å². The number of carbonyl (C=O) groups is 1. The number of carboxylic acid groups (broad SMARTS) is 1. The van der Waals surface area contributed by atoms with Gasteiger partial charge in [0.05, 0.1) is 0 Å². The highest BCUT2D eigenvalue weighted by Gasteiger charge is 2.49. The van der Waals surface area contributed by atoms with Gasteiger partial charge in [-0.15, -0.1) is 0 Å². The second kappa shape index (κ2) is 4.94. The molecule has 0 radical (unpaired) electrons. The second-order valence-electron chi connectivity index (χ2n) is 5.67. The standard InChI is InChI=1S/C13H24N2O2/c1-11-5-3-4-6-13(11,12(16)17)15-9-7-14(2)8-10-15/h11H,3-10H2,1-2H3,(H,16,17). The van der Waals surface area contributed by atoms with Gasteiger partial charge in [-0.1, -0.05) is 19.8 Å². The minimum absolute atomic E-state index is 0.275. The number of hydrogen-bond donors (Lipinski definition) is 1. The van der Waals surface area contributed by atoms with E-state index in [1.54, 1.807) is 0 Å². The summed E-state index contributed by atoms with van der Waals surface area (Å²) in [5, 5.41) is 9.72. The Morgan fingerprint density at radius 3 is 2.41 bits per heavy atom. The van der Waals surface area contributed by atoms with Crippen molar-refractivity contribution in [3.8, 4) is 0 Å². The molecule has 1 saturated heterocycles. The van der Waals surface area contributed by atoms with Crippen molar-refractivity contribution in [2.45, 2.75) is 38.1 Å². The van der Waals surface area contributed by atoms with Crippen molar-refractivity contribution < 1.29 is 9.90 Å². The van der Waals surface area contributed by atoms with E-state index in [0.29, 0.717) is 0 Å². The summed E-state index contributed by atoms with van der Waals surface area (Å²) in [5.74, 6) is -0.327. The predicted molar refractivity (Wildman–Crippen MR) is 67.1 cm³/mol. The van der Waals surface area contributed by atoms with Gasteiger partial charge in [0.25, 0.3) is 0 Å². The number of likely N-dealkylation sites (N-methyl/N-ethyl adjacent to an activating group) is 1. The van der Waals surface area contributed by atoms with Gasteiger partial charge in [-0.25, -0.2) is 0 Å². The molecule has 2 fully saturated rings. The Hall–Kier alpha value is -0.610. The van der Waals surface area contributed by atoms with Gasteiger partial charge in [-0.2, -0.15) is 0 Å². The van der Waals surface area contributed by atoms with Crippen LogP contribution in [-0.2, 0) is 4.79 Å². The lowest BCUT2D eigenvalue weighted by atomic mass is 9.72. The lowest BCUT2D eigenvalue weighted by Crippen LogP contribution is -2.64. The molecule has 1 saturated carbocycles. The molecule has 0 aromatic heterocycles. The number of piperazine rings is 1. The fourth-order valence-corrected chi connectivity index (χ4v) is 3.46. The van der Waals surface area contributed by atoms with Crippen LogP contribution in [0.5, 0.6) is 0 Å². The third kappa shape index (κ3) is 2.20. The predicted octanol–water partition coefficient (Wildman–Crippen LogP) is 1.27. The summed E-state index contributed by atoms with van der Waals surface area (Å²) < 4.78 is 0. The Kier molecular flexibility index (Phi) is 3.73. The highest BCUT2D eigenvalue weighted by molar-refractivity contribution is 5.79. The van der Waals surface area contributed by atoms with Crippen molar-refractivity contribution in [3.63, 3.8) is 0 Å². The zero-order valence-electron chi connectivity index (χ0n) is 11.0. The number of aliphatic carboxylic acids is 1. The monoisotopic (exact) mass is 240 g/mol. The average molecular weight is 240 g/mol. The van der Waals surface area contributed by atoms with E-state index in [1.807, 2.05) is 0 Å². The van der Waals surface area contributed by atoms with E-state index in [-0.39, 0.29) is 5.92 Å². The fraction of sp³-hybridized carbons (Fsp3) is 0.923. The molecule has 4 nitrogen and oxygen atoms in total. The van der Waals surface area contributed by atoms with Gasteiger partial charge in [0, 0.05) is 26.2 Å². The molecule has 0 aromatic rings. The van der Waals surface area contributed by atoms with Crippen LogP contribution in [0.15, 0.2) is 0 Å². The summed E-state index contributed by atoms with van der Waals surface area (Å²) in [5.41, 5.74) is -0.584. The van der Waals surface area contributed by atoms with Gasteiger partial charge < -0.3 is 10.0 Å². The Morgan fingerprint density at radius 2 is 1.88 bits per heavy atom. The highest BCUT2D eigenvalue weighted by Crippen LogP contribution is 2.39. The van der Waals surface area contributed by atoms with Gasteiger partial charge in [-0.3, -0.25) is 9.69 Å². The summed E-state index contributed by atoms with van der Waals surface area (Å²) in [6, 6.07) is 0. The van der Waals surface area contributed by atoms with E-state index >= 15 is 0 Å². The van der Waals surface area contributed by atoms with Crippen molar-refractivity contribution in [3.05, 3.63) is 0 Å². The van der Waals surface area contributed by atoms with E-state index in [2.05, 4.69) is 23.8 Å². The van der Waals surface area contributed by atoms with E-state index in [0.717, 1.165) is 45.4 Å². The van der Waals surface area contributed by atoms with E-state index in [9.17, 15) is 9.90 Å².